The van der Waals surface area contributed by atoms with E-state index in [4.69, 9.17) is 27.9 Å². The molecular weight excluding hydrogens is 245 g/mol. The highest BCUT2D eigenvalue weighted by Crippen LogP contribution is 2.26. The Morgan fingerprint density at radius 2 is 2.12 bits per heavy atom. The molecule has 0 aliphatic carbocycles. The predicted octanol–water partition coefficient (Wildman–Crippen LogP) is 3.55. The first-order valence-electron chi connectivity index (χ1n) is 5.16. The second kappa shape index (κ2) is 6.33. The molecular formula is C12H17Cl2NO. The molecule has 0 heterocycles. The number of rotatable bonds is 5. The Hall–Kier alpha value is -0.440. The molecule has 0 aromatic heterocycles. The van der Waals surface area contributed by atoms with Crippen molar-refractivity contribution in [1.82, 2.24) is 0 Å². The van der Waals surface area contributed by atoms with Gasteiger partial charge in [-0.2, -0.15) is 0 Å². The summed E-state index contributed by atoms with van der Waals surface area (Å²) >= 11 is 11.9. The number of nitrogens with zero attached hydrogens (tertiary/aromatic N) is 1. The Kier molecular flexibility index (Phi) is 5.39. The van der Waals surface area contributed by atoms with E-state index in [1.54, 1.807) is 7.11 Å². The number of benzene rings is 1. The third-order valence-corrected chi connectivity index (χ3v) is 3.16. The molecule has 0 amide bonds. The minimum absolute atomic E-state index is 0.299. The van der Waals surface area contributed by atoms with Gasteiger partial charge in [0.1, 0.15) is 0 Å². The van der Waals surface area contributed by atoms with Crippen LogP contribution >= 0.6 is 23.2 Å². The maximum absolute atomic E-state index is 5.94. The van der Waals surface area contributed by atoms with E-state index in [0.29, 0.717) is 23.6 Å². The van der Waals surface area contributed by atoms with Crippen LogP contribution in [0.25, 0.3) is 0 Å². The van der Waals surface area contributed by atoms with Gasteiger partial charge < -0.3 is 9.64 Å². The maximum Gasteiger partial charge on any atom is 0.0663 e. The van der Waals surface area contributed by atoms with E-state index in [0.717, 1.165) is 11.3 Å². The van der Waals surface area contributed by atoms with E-state index in [2.05, 4.69) is 11.8 Å². The van der Waals surface area contributed by atoms with E-state index in [1.165, 1.54) is 0 Å². The van der Waals surface area contributed by atoms with Gasteiger partial charge in [0.25, 0.3) is 0 Å². The van der Waals surface area contributed by atoms with Crippen LogP contribution in [0.4, 0.5) is 5.69 Å². The molecule has 0 saturated heterocycles. The highest BCUT2D eigenvalue weighted by Gasteiger charge is 2.13. The molecule has 0 N–H and O–H groups in total. The molecule has 2 nitrogen and oxygen atoms in total. The lowest BCUT2D eigenvalue weighted by Gasteiger charge is -2.28. The molecule has 0 radical (unpaired) electrons. The summed E-state index contributed by atoms with van der Waals surface area (Å²) in [7, 11) is 3.73. The van der Waals surface area contributed by atoms with E-state index >= 15 is 0 Å². The van der Waals surface area contributed by atoms with Gasteiger partial charge in [-0.25, -0.2) is 0 Å². The smallest absolute Gasteiger partial charge is 0.0663 e. The van der Waals surface area contributed by atoms with Gasteiger partial charge >= 0.3 is 0 Å². The largest absolute Gasteiger partial charge is 0.383 e. The van der Waals surface area contributed by atoms with E-state index in [-0.39, 0.29) is 0 Å². The molecule has 0 aliphatic rings. The molecule has 1 aromatic carbocycles. The van der Waals surface area contributed by atoms with Crippen molar-refractivity contribution in [2.24, 2.45) is 0 Å². The second-order valence-electron chi connectivity index (χ2n) is 3.82. The van der Waals surface area contributed by atoms with Gasteiger partial charge in [-0.05, 0) is 30.7 Å². The fourth-order valence-corrected chi connectivity index (χ4v) is 2.00. The van der Waals surface area contributed by atoms with Crippen LogP contribution in [0.2, 0.25) is 5.02 Å². The number of anilines is 1. The van der Waals surface area contributed by atoms with Crippen molar-refractivity contribution in [3.05, 3.63) is 28.8 Å². The monoisotopic (exact) mass is 261 g/mol. The first-order chi connectivity index (χ1) is 7.60. The maximum atomic E-state index is 5.94. The van der Waals surface area contributed by atoms with Crippen LogP contribution in [0.1, 0.15) is 12.5 Å². The minimum Gasteiger partial charge on any atom is -0.383 e. The van der Waals surface area contributed by atoms with Gasteiger partial charge in [-0.15, -0.1) is 11.6 Å². The van der Waals surface area contributed by atoms with Crippen molar-refractivity contribution >= 4 is 28.9 Å². The topological polar surface area (TPSA) is 12.5 Å². The summed E-state index contributed by atoms with van der Waals surface area (Å²) < 4.78 is 5.14. The Labute approximate surface area is 107 Å². The van der Waals surface area contributed by atoms with Crippen molar-refractivity contribution in [2.45, 2.75) is 18.8 Å². The number of halogens is 2. The molecule has 1 rings (SSSR count). The molecule has 0 saturated carbocycles. The van der Waals surface area contributed by atoms with Crippen LogP contribution in [0.5, 0.6) is 0 Å². The number of methoxy groups -OCH3 is 1. The first-order valence-corrected chi connectivity index (χ1v) is 6.07. The number of hydrogen-bond acceptors (Lipinski definition) is 2. The standard InChI is InChI=1S/C12H17Cl2NO/c1-9(8-16-3)15(2)12-5-4-11(14)6-10(12)7-13/h4-6,9H,7-8H2,1-3H3. The zero-order valence-electron chi connectivity index (χ0n) is 9.84. The lowest BCUT2D eigenvalue weighted by Crippen LogP contribution is -2.33. The van der Waals surface area contributed by atoms with E-state index < -0.39 is 0 Å². The van der Waals surface area contributed by atoms with Crippen LogP contribution < -0.4 is 4.90 Å². The number of likely N-dealkylation sites (N-methyl/N-ethyl adjacent to an activating group) is 1. The van der Waals surface area contributed by atoms with Gasteiger partial charge in [0.15, 0.2) is 0 Å². The van der Waals surface area contributed by atoms with Gasteiger partial charge in [0.05, 0.1) is 6.61 Å². The van der Waals surface area contributed by atoms with Crippen molar-refractivity contribution in [1.29, 1.82) is 0 Å². The van der Waals surface area contributed by atoms with Gasteiger partial charge in [-0.1, -0.05) is 11.6 Å². The SMILES string of the molecule is COCC(C)N(C)c1ccc(Cl)cc1CCl. The van der Waals surface area contributed by atoms with Gasteiger partial charge in [-0.3, -0.25) is 0 Å². The van der Waals surface area contributed by atoms with Crippen molar-refractivity contribution in [3.8, 4) is 0 Å². The van der Waals surface area contributed by atoms with Crippen LogP contribution in [0.3, 0.4) is 0 Å². The molecule has 0 spiro atoms. The third kappa shape index (κ3) is 3.27. The lowest BCUT2D eigenvalue weighted by atomic mass is 10.1. The molecule has 1 atom stereocenters. The Morgan fingerprint density at radius 1 is 1.44 bits per heavy atom. The highest BCUT2D eigenvalue weighted by atomic mass is 35.5. The third-order valence-electron chi connectivity index (χ3n) is 2.63. The Balaban J connectivity index is 2.93. The van der Waals surface area contributed by atoms with Crippen LogP contribution in [-0.4, -0.2) is 26.8 Å². The average Bonchev–Trinajstić information content (AvgIpc) is 2.28. The molecule has 0 aliphatic heterocycles. The van der Waals surface area contributed by atoms with Gasteiger partial charge in [0.2, 0.25) is 0 Å². The average molecular weight is 262 g/mol. The van der Waals surface area contributed by atoms with Crippen molar-refractivity contribution in [2.75, 3.05) is 25.7 Å². The van der Waals surface area contributed by atoms with Crippen molar-refractivity contribution < 1.29 is 4.74 Å². The highest BCUT2D eigenvalue weighted by molar-refractivity contribution is 6.30. The summed E-state index contributed by atoms with van der Waals surface area (Å²) in [6.07, 6.45) is 0. The van der Waals surface area contributed by atoms with Gasteiger partial charge in [0, 0.05) is 36.8 Å². The van der Waals surface area contributed by atoms with E-state index in [9.17, 15) is 0 Å². The fourth-order valence-electron chi connectivity index (χ4n) is 1.60. The molecule has 4 heteroatoms. The summed E-state index contributed by atoms with van der Waals surface area (Å²) in [5.74, 6) is 0.458. The number of hydrogen-bond donors (Lipinski definition) is 0. The Morgan fingerprint density at radius 3 is 2.69 bits per heavy atom. The molecule has 0 fully saturated rings. The lowest BCUT2D eigenvalue weighted by molar-refractivity contribution is 0.183. The normalized spacial score (nSPS) is 12.6. The number of alkyl halides is 1. The molecule has 90 valence electrons. The summed E-state index contributed by atoms with van der Waals surface area (Å²) in [6, 6.07) is 6.07. The summed E-state index contributed by atoms with van der Waals surface area (Å²) in [5.41, 5.74) is 2.14. The van der Waals surface area contributed by atoms with Crippen LogP contribution in [0.15, 0.2) is 18.2 Å². The zero-order chi connectivity index (χ0) is 12.1. The first kappa shape index (κ1) is 13.6. The summed E-state index contributed by atoms with van der Waals surface area (Å²) in [5, 5.41) is 0.715. The molecule has 16 heavy (non-hydrogen) atoms. The molecule has 1 aromatic rings. The minimum atomic E-state index is 0.299. The van der Waals surface area contributed by atoms with Crippen molar-refractivity contribution in [3.63, 3.8) is 0 Å². The predicted molar refractivity (Wildman–Crippen MR) is 70.8 cm³/mol. The fraction of sp³-hybridized carbons (Fsp3) is 0.500. The number of ether oxygens (including phenoxy) is 1. The summed E-state index contributed by atoms with van der Waals surface area (Å²) in [6.45, 7) is 2.79. The second-order valence-corrected chi connectivity index (χ2v) is 4.53. The van der Waals surface area contributed by atoms with Crippen LogP contribution in [0, 0.1) is 0 Å². The summed E-state index contributed by atoms with van der Waals surface area (Å²) in [4.78, 5) is 2.15. The molecule has 1 unspecified atom stereocenters. The zero-order valence-corrected chi connectivity index (χ0v) is 11.3. The Bertz CT molecular complexity index is 344. The van der Waals surface area contributed by atoms with E-state index in [1.807, 2.05) is 25.2 Å². The molecule has 0 bridgehead atoms. The quantitative estimate of drug-likeness (QED) is 0.752. The van der Waals surface area contributed by atoms with Crippen LogP contribution in [-0.2, 0) is 10.6 Å².